The van der Waals surface area contributed by atoms with Crippen LogP contribution in [0.5, 0.6) is 0 Å². The van der Waals surface area contributed by atoms with Crippen LogP contribution in [0.25, 0.3) is 0 Å². The highest BCUT2D eigenvalue weighted by Gasteiger charge is 2.24. The fourth-order valence-corrected chi connectivity index (χ4v) is 2.24. The first kappa shape index (κ1) is 12.1. The zero-order valence-corrected chi connectivity index (χ0v) is 10.6. The molecule has 3 heteroatoms. The van der Waals surface area contributed by atoms with Gasteiger partial charge in [0.2, 0.25) is 5.91 Å². The fourth-order valence-electron chi connectivity index (χ4n) is 2.24. The fraction of sp³-hybridized carbons (Fsp3) is 0.500. The van der Waals surface area contributed by atoms with Gasteiger partial charge in [-0.05, 0) is 45.0 Å². The van der Waals surface area contributed by atoms with Gasteiger partial charge in [-0.1, -0.05) is 17.7 Å². The predicted molar refractivity (Wildman–Crippen MR) is 70.2 cm³/mol. The van der Waals surface area contributed by atoms with Gasteiger partial charge in [0.15, 0.2) is 0 Å². The SMILES string of the molecule is Cc1ccc(N(C)C(=O)C2CCNCC2)cc1. The molecule has 3 nitrogen and oxygen atoms in total. The highest BCUT2D eigenvalue weighted by Crippen LogP contribution is 2.20. The van der Waals surface area contributed by atoms with E-state index < -0.39 is 0 Å². The van der Waals surface area contributed by atoms with Crippen LogP contribution in [0.4, 0.5) is 5.69 Å². The Morgan fingerprint density at radius 1 is 1.24 bits per heavy atom. The molecule has 1 N–H and O–H groups in total. The lowest BCUT2D eigenvalue weighted by Gasteiger charge is -2.27. The molecule has 1 heterocycles. The van der Waals surface area contributed by atoms with E-state index in [-0.39, 0.29) is 11.8 Å². The van der Waals surface area contributed by atoms with E-state index in [9.17, 15) is 4.79 Å². The smallest absolute Gasteiger partial charge is 0.229 e. The van der Waals surface area contributed by atoms with Crippen LogP contribution >= 0.6 is 0 Å². The first-order valence-corrected chi connectivity index (χ1v) is 6.23. The minimum Gasteiger partial charge on any atom is -0.317 e. The number of hydrogen-bond donors (Lipinski definition) is 1. The molecule has 0 aliphatic carbocycles. The number of nitrogens with zero attached hydrogens (tertiary/aromatic N) is 1. The van der Waals surface area contributed by atoms with E-state index in [2.05, 4.69) is 12.2 Å². The number of amides is 1. The molecule has 0 bridgehead atoms. The van der Waals surface area contributed by atoms with Gasteiger partial charge in [0.05, 0.1) is 0 Å². The van der Waals surface area contributed by atoms with Crippen LogP contribution in [0.1, 0.15) is 18.4 Å². The maximum atomic E-state index is 12.3. The van der Waals surface area contributed by atoms with Crippen molar-refractivity contribution in [2.24, 2.45) is 5.92 Å². The normalized spacial score (nSPS) is 16.8. The Labute approximate surface area is 103 Å². The Bertz CT molecular complexity index is 380. The summed E-state index contributed by atoms with van der Waals surface area (Å²) in [7, 11) is 1.87. The summed E-state index contributed by atoms with van der Waals surface area (Å²) < 4.78 is 0. The van der Waals surface area contributed by atoms with Crippen molar-refractivity contribution >= 4 is 11.6 Å². The zero-order valence-electron chi connectivity index (χ0n) is 10.6. The molecule has 1 saturated heterocycles. The summed E-state index contributed by atoms with van der Waals surface area (Å²) in [6.45, 7) is 3.97. The van der Waals surface area contributed by atoms with Crippen molar-refractivity contribution in [1.29, 1.82) is 0 Å². The van der Waals surface area contributed by atoms with E-state index in [0.29, 0.717) is 0 Å². The molecule has 0 spiro atoms. The molecular formula is C14H20N2O. The Kier molecular flexibility index (Phi) is 3.79. The number of aryl methyl sites for hydroxylation is 1. The number of hydrogen-bond acceptors (Lipinski definition) is 2. The third-order valence-electron chi connectivity index (χ3n) is 3.44. The third kappa shape index (κ3) is 2.86. The topological polar surface area (TPSA) is 32.3 Å². The van der Waals surface area contributed by atoms with Gasteiger partial charge in [-0.3, -0.25) is 4.79 Å². The maximum Gasteiger partial charge on any atom is 0.229 e. The number of rotatable bonds is 2. The van der Waals surface area contributed by atoms with Crippen LogP contribution in [0.15, 0.2) is 24.3 Å². The Balaban J connectivity index is 2.05. The summed E-state index contributed by atoms with van der Waals surface area (Å²) in [4.78, 5) is 14.1. The van der Waals surface area contributed by atoms with E-state index in [4.69, 9.17) is 0 Å². The quantitative estimate of drug-likeness (QED) is 0.845. The van der Waals surface area contributed by atoms with Crippen LogP contribution < -0.4 is 10.2 Å². The van der Waals surface area contributed by atoms with Crippen molar-refractivity contribution in [3.63, 3.8) is 0 Å². The number of anilines is 1. The lowest BCUT2D eigenvalue weighted by atomic mass is 9.96. The lowest BCUT2D eigenvalue weighted by molar-refractivity contribution is -0.122. The molecule has 1 aromatic rings. The van der Waals surface area contributed by atoms with Gasteiger partial charge in [0.1, 0.15) is 0 Å². The zero-order chi connectivity index (χ0) is 12.3. The van der Waals surface area contributed by atoms with Gasteiger partial charge >= 0.3 is 0 Å². The Hall–Kier alpha value is -1.35. The average Bonchev–Trinajstić information content (AvgIpc) is 2.39. The number of benzene rings is 1. The predicted octanol–water partition coefficient (Wildman–Crippen LogP) is 1.96. The van der Waals surface area contributed by atoms with Crippen molar-refractivity contribution in [3.05, 3.63) is 29.8 Å². The van der Waals surface area contributed by atoms with Crippen LogP contribution in [0, 0.1) is 12.8 Å². The molecule has 0 radical (unpaired) electrons. The highest BCUT2D eigenvalue weighted by atomic mass is 16.2. The monoisotopic (exact) mass is 232 g/mol. The van der Waals surface area contributed by atoms with E-state index in [1.165, 1.54) is 5.56 Å². The summed E-state index contributed by atoms with van der Waals surface area (Å²) in [6.07, 6.45) is 1.91. The van der Waals surface area contributed by atoms with Crippen LogP contribution in [-0.4, -0.2) is 26.0 Å². The molecule has 17 heavy (non-hydrogen) atoms. The highest BCUT2D eigenvalue weighted by molar-refractivity contribution is 5.94. The van der Waals surface area contributed by atoms with Crippen molar-refractivity contribution in [2.45, 2.75) is 19.8 Å². The van der Waals surface area contributed by atoms with Gasteiger partial charge in [-0.2, -0.15) is 0 Å². The standard InChI is InChI=1S/C14H20N2O/c1-11-3-5-13(6-4-11)16(2)14(17)12-7-9-15-10-8-12/h3-6,12,15H,7-10H2,1-2H3. The molecule has 0 saturated carbocycles. The van der Waals surface area contributed by atoms with E-state index in [1.54, 1.807) is 4.90 Å². The van der Waals surface area contributed by atoms with Crippen LogP contribution in [0.3, 0.4) is 0 Å². The summed E-state index contributed by atoms with van der Waals surface area (Å²) >= 11 is 0. The number of carbonyl (C=O) groups is 1. The molecule has 0 aromatic heterocycles. The molecule has 1 aromatic carbocycles. The number of nitrogens with one attached hydrogen (secondary N) is 1. The van der Waals surface area contributed by atoms with E-state index >= 15 is 0 Å². The van der Waals surface area contributed by atoms with Gasteiger partial charge < -0.3 is 10.2 Å². The maximum absolute atomic E-state index is 12.3. The van der Waals surface area contributed by atoms with Crippen molar-refractivity contribution < 1.29 is 4.79 Å². The van der Waals surface area contributed by atoms with Crippen LogP contribution in [-0.2, 0) is 4.79 Å². The molecule has 0 unspecified atom stereocenters. The van der Waals surface area contributed by atoms with Gasteiger partial charge in [0, 0.05) is 18.7 Å². The minimum absolute atomic E-state index is 0.183. The molecule has 1 aliphatic rings. The second-order valence-electron chi connectivity index (χ2n) is 4.76. The van der Waals surface area contributed by atoms with Gasteiger partial charge in [-0.15, -0.1) is 0 Å². The Morgan fingerprint density at radius 3 is 2.41 bits per heavy atom. The second-order valence-corrected chi connectivity index (χ2v) is 4.76. The molecule has 1 amide bonds. The molecule has 0 atom stereocenters. The first-order chi connectivity index (χ1) is 8.18. The molecule has 1 aliphatic heterocycles. The van der Waals surface area contributed by atoms with Crippen molar-refractivity contribution in [3.8, 4) is 0 Å². The van der Waals surface area contributed by atoms with Crippen molar-refractivity contribution in [2.75, 3.05) is 25.0 Å². The molecule has 2 rings (SSSR count). The van der Waals surface area contributed by atoms with Gasteiger partial charge in [-0.25, -0.2) is 0 Å². The van der Waals surface area contributed by atoms with Crippen molar-refractivity contribution in [1.82, 2.24) is 5.32 Å². The van der Waals surface area contributed by atoms with Gasteiger partial charge in [0.25, 0.3) is 0 Å². The van der Waals surface area contributed by atoms with Crippen LogP contribution in [0.2, 0.25) is 0 Å². The number of carbonyl (C=O) groups excluding carboxylic acids is 1. The molecular weight excluding hydrogens is 212 g/mol. The lowest BCUT2D eigenvalue weighted by Crippen LogP contribution is -2.39. The first-order valence-electron chi connectivity index (χ1n) is 6.23. The summed E-state index contributed by atoms with van der Waals surface area (Å²) in [5.74, 6) is 0.429. The second kappa shape index (κ2) is 5.32. The van der Waals surface area contributed by atoms with E-state index in [0.717, 1.165) is 31.6 Å². The molecule has 92 valence electrons. The summed E-state index contributed by atoms with van der Waals surface area (Å²) in [5, 5.41) is 3.29. The summed E-state index contributed by atoms with van der Waals surface area (Å²) in [5.41, 5.74) is 2.20. The molecule has 1 fully saturated rings. The third-order valence-corrected chi connectivity index (χ3v) is 3.44. The number of piperidine rings is 1. The largest absolute Gasteiger partial charge is 0.317 e. The minimum atomic E-state index is 0.183. The Morgan fingerprint density at radius 2 is 1.82 bits per heavy atom. The average molecular weight is 232 g/mol. The summed E-state index contributed by atoms with van der Waals surface area (Å²) in [6, 6.07) is 8.10. The van der Waals surface area contributed by atoms with E-state index in [1.807, 2.05) is 31.3 Å².